The number of ether oxygens (including phenoxy) is 2. The molecule has 0 aromatic heterocycles. The lowest BCUT2D eigenvalue weighted by molar-refractivity contribution is -0.148. The van der Waals surface area contributed by atoms with Crippen molar-refractivity contribution in [1.29, 1.82) is 0 Å². The minimum absolute atomic E-state index is 0.0275. The van der Waals surface area contributed by atoms with Gasteiger partial charge >= 0.3 is 5.97 Å². The lowest BCUT2D eigenvalue weighted by Crippen LogP contribution is -2.38. The quantitative estimate of drug-likeness (QED) is 0.440. The minimum Gasteiger partial charge on any atom is -0.462 e. The molecule has 0 aliphatic heterocycles. The summed E-state index contributed by atoms with van der Waals surface area (Å²) < 4.78 is 9.83. The van der Waals surface area contributed by atoms with E-state index in [1.807, 2.05) is 13.8 Å². The van der Waals surface area contributed by atoms with Crippen molar-refractivity contribution in [3.63, 3.8) is 0 Å². The van der Waals surface area contributed by atoms with E-state index in [1.165, 1.54) is 0 Å². The fourth-order valence-electron chi connectivity index (χ4n) is 0.950. The highest BCUT2D eigenvalue weighted by molar-refractivity contribution is 5.75. The lowest BCUT2D eigenvalue weighted by Gasteiger charge is -2.16. The SMILES string of the molecule is CCC(C)C(N)C(=O)OCCOCCO. The topological polar surface area (TPSA) is 81.8 Å². The summed E-state index contributed by atoms with van der Waals surface area (Å²) in [4.78, 5) is 11.3. The van der Waals surface area contributed by atoms with Gasteiger partial charge in [-0.05, 0) is 5.92 Å². The summed E-state index contributed by atoms with van der Waals surface area (Å²) in [5, 5.41) is 8.41. The number of rotatable bonds is 8. The van der Waals surface area contributed by atoms with E-state index < -0.39 is 12.0 Å². The largest absolute Gasteiger partial charge is 0.462 e. The molecule has 0 rings (SSSR count). The van der Waals surface area contributed by atoms with Crippen LogP contribution in [0.1, 0.15) is 20.3 Å². The van der Waals surface area contributed by atoms with E-state index in [-0.39, 0.29) is 25.7 Å². The van der Waals surface area contributed by atoms with Crippen molar-refractivity contribution in [2.24, 2.45) is 11.7 Å². The molecule has 15 heavy (non-hydrogen) atoms. The van der Waals surface area contributed by atoms with Crippen LogP contribution in [0.3, 0.4) is 0 Å². The number of hydrogen-bond donors (Lipinski definition) is 2. The average molecular weight is 219 g/mol. The Kier molecular flexibility index (Phi) is 8.27. The molecule has 0 saturated heterocycles. The predicted molar refractivity (Wildman–Crippen MR) is 56.3 cm³/mol. The van der Waals surface area contributed by atoms with Crippen molar-refractivity contribution in [3.8, 4) is 0 Å². The van der Waals surface area contributed by atoms with Crippen LogP contribution < -0.4 is 5.73 Å². The van der Waals surface area contributed by atoms with Gasteiger partial charge < -0.3 is 20.3 Å². The van der Waals surface area contributed by atoms with Gasteiger partial charge in [0, 0.05) is 0 Å². The maximum Gasteiger partial charge on any atom is 0.323 e. The van der Waals surface area contributed by atoms with E-state index in [9.17, 15) is 4.79 Å². The summed E-state index contributed by atoms with van der Waals surface area (Å²) in [5.41, 5.74) is 5.66. The van der Waals surface area contributed by atoms with E-state index in [0.29, 0.717) is 6.61 Å². The maximum absolute atomic E-state index is 11.3. The van der Waals surface area contributed by atoms with Crippen molar-refractivity contribution in [1.82, 2.24) is 0 Å². The van der Waals surface area contributed by atoms with Gasteiger partial charge in [-0.3, -0.25) is 4.79 Å². The third-order valence-corrected chi connectivity index (χ3v) is 2.24. The molecule has 0 spiro atoms. The molecular weight excluding hydrogens is 198 g/mol. The molecule has 0 aliphatic rings. The molecule has 0 bridgehead atoms. The standard InChI is InChI=1S/C10H21NO4/c1-3-8(2)9(11)10(13)15-7-6-14-5-4-12/h8-9,12H,3-7,11H2,1-2H3. The van der Waals surface area contributed by atoms with Gasteiger partial charge in [0.1, 0.15) is 12.6 Å². The predicted octanol–water partition coefficient (Wildman–Crippen LogP) is -0.0881. The third kappa shape index (κ3) is 6.43. The summed E-state index contributed by atoms with van der Waals surface area (Å²) in [6.07, 6.45) is 0.845. The van der Waals surface area contributed by atoms with Crippen LogP contribution in [0.15, 0.2) is 0 Å². The van der Waals surface area contributed by atoms with Crippen molar-refractivity contribution in [2.75, 3.05) is 26.4 Å². The third-order valence-electron chi connectivity index (χ3n) is 2.24. The Morgan fingerprint density at radius 3 is 2.60 bits per heavy atom. The molecule has 0 fully saturated rings. The highest BCUT2D eigenvalue weighted by Crippen LogP contribution is 2.06. The molecule has 2 unspecified atom stereocenters. The van der Waals surface area contributed by atoms with Gasteiger partial charge in [-0.25, -0.2) is 0 Å². The summed E-state index contributed by atoms with van der Waals surface area (Å²) in [6.45, 7) is 4.59. The molecule has 0 aromatic rings. The molecule has 2 atom stereocenters. The van der Waals surface area contributed by atoms with E-state index in [1.54, 1.807) is 0 Å². The van der Waals surface area contributed by atoms with Crippen molar-refractivity contribution in [3.05, 3.63) is 0 Å². The minimum atomic E-state index is -0.562. The fraction of sp³-hybridized carbons (Fsp3) is 0.900. The lowest BCUT2D eigenvalue weighted by atomic mass is 10.0. The molecular formula is C10H21NO4. The van der Waals surface area contributed by atoms with Gasteiger partial charge in [0.05, 0.1) is 19.8 Å². The number of hydrogen-bond acceptors (Lipinski definition) is 5. The van der Waals surface area contributed by atoms with Crippen LogP contribution in [0.5, 0.6) is 0 Å². The van der Waals surface area contributed by atoms with Gasteiger partial charge in [0.15, 0.2) is 0 Å². The van der Waals surface area contributed by atoms with Crippen LogP contribution in [0, 0.1) is 5.92 Å². The van der Waals surface area contributed by atoms with Crippen LogP contribution in [0.2, 0.25) is 0 Å². The molecule has 90 valence electrons. The molecule has 5 nitrogen and oxygen atoms in total. The number of aliphatic hydroxyl groups is 1. The second-order valence-corrected chi connectivity index (χ2v) is 3.41. The molecule has 0 aliphatic carbocycles. The number of nitrogens with two attached hydrogens (primary N) is 1. The van der Waals surface area contributed by atoms with Crippen LogP contribution in [-0.4, -0.2) is 43.5 Å². The zero-order chi connectivity index (χ0) is 11.7. The zero-order valence-corrected chi connectivity index (χ0v) is 9.44. The second-order valence-electron chi connectivity index (χ2n) is 3.41. The van der Waals surface area contributed by atoms with Crippen LogP contribution in [0.25, 0.3) is 0 Å². The van der Waals surface area contributed by atoms with Gasteiger partial charge in [-0.2, -0.15) is 0 Å². The Balaban J connectivity index is 3.56. The first-order valence-electron chi connectivity index (χ1n) is 5.24. The van der Waals surface area contributed by atoms with Crippen LogP contribution in [-0.2, 0) is 14.3 Å². The maximum atomic E-state index is 11.3. The number of carbonyl (C=O) groups excluding carboxylic acids is 1. The molecule has 0 saturated carbocycles. The fourth-order valence-corrected chi connectivity index (χ4v) is 0.950. The van der Waals surface area contributed by atoms with E-state index >= 15 is 0 Å². The van der Waals surface area contributed by atoms with Gasteiger partial charge in [0.25, 0.3) is 0 Å². The van der Waals surface area contributed by atoms with Gasteiger partial charge in [0.2, 0.25) is 0 Å². The van der Waals surface area contributed by atoms with Crippen LogP contribution in [0.4, 0.5) is 0 Å². The summed E-state index contributed by atoms with van der Waals surface area (Å²) in [6, 6.07) is -0.562. The zero-order valence-electron chi connectivity index (χ0n) is 9.44. The van der Waals surface area contributed by atoms with E-state index in [4.69, 9.17) is 20.3 Å². The summed E-state index contributed by atoms with van der Waals surface area (Å²) >= 11 is 0. The molecule has 5 heteroatoms. The average Bonchev–Trinajstić information content (AvgIpc) is 2.26. The molecule has 0 heterocycles. The molecule has 0 radical (unpaired) electrons. The summed E-state index contributed by atoms with van der Waals surface area (Å²) in [7, 11) is 0. The molecule has 0 aromatic carbocycles. The Morgan fingerprint density at radius 1 is 1.40 bits per heavy atom. The number of aliphatic hydroxyl groups excluding tert-OH is 1. The molecule has 3 N–H and O–H groups in total. The first kappa shape index (κ1) is 14.3. The van der Waals surface area contributed by atoms with E-state index in [0.717, 1.165) is 6.42 Å². The van der Waals surface area contributed by atoms with Crippen molar-refractivity contribution in [2.45, 2.75) is 26.3 Å². The normalized spacial score (nSPS) is 14.7. The number of esters is 1. The van der Waals surface area contributed by atoms with E-state index in [2.05, 4.69) is 0 Å². The Labute approximate surface area is 90.5 Å². The molecule has 0 amide bonds. The number of carbonyl (C=O) groups is 1. The highest BCUT2D eigenvalue weighted by Gasteiger charge is 2.20. The Morgan fingerprint density at radius 2 is 2.07 bits per heavy atom. The summed E-state index contributed by atoms with van der Waals surface area (Å²) in [5.74, 6) is -0.271. The van der Waals surface area contributed by atoms with Gasteiger partial charge in [-0.1, -0.05) is 20.3 Å². The van der Waals surface area contributed by atoms with Gasteiger partial charge in [-0.15, -0.1) is 0 Å². The Bertz CT molecular complexity index is 175. The second kappa shape index (κ2) is 8.64. The smallest absolute Gasteiger partial charge is 0.323 e. The first-order chi connectivity index (χ1) is 7.13. The highest BCUT2D eigenvalue weighted by atomic mass is 16.6. The van der Waals surface area contributed by atoms with Crippen molar-refractivity contribution >= 4 is 5.97 Å². The Hall–Kier alpha value is -0.650. The monoisotopic (exact) mass is 219 g/mol. The first-order valence-corrected chi connectivity index (χ1v) is 5.24. The van der Waals surface area contributed by atoms with Crippen molar-refractivity contribution < 1.29 is 19.4 Å². The van der Waals surface area contributed by atoms with Crippen LogP contribution >= 0.6 is 0 Å².